The minimum atomic E-state index is -1.23. The highest BCUT2D eigenvalue weighted by molar-refractivity contribution is 6.09. The van der Waals surface area contributed by atoms with Crippen LogP contribution in [0.5, 0.6) is 0 Å². The van der Waals surface area contributed by atoms with Crippen LogP contribution >= 0.6 is 0 Å². The van der Waals surface area contributed by atoms with Gasteiger partial charge in [0.1, 0.15) is 17.2 Å². The SMILES string of the molecule is CC(C)N=C1NC(=O)C(C)(c2cc(F)cc(F)c2)N1. The van der Waals surface area contributed by atoms with Crippen molar-refractivity contribution < 1.29 is 13.6 Å². The fourth-order valence-corrected chi connectivity index (χ4v) is 1.93. The van der Waals surface area contributed by atoms with E-state index in [1.54, 1.807) is 6.92 Å². The van der Waals surface area contributed by atoms with Gasteiger partial charge in [-0.1, -0.05) is 0 Å². The van der Waals surface area contributed by atoms with E-state index in [0.717, 1.165) is 18.2 Å². The van der Waals surface area contributed by atoms with Gasteiger partial charge in [-0.25, -0.2) is 8.78 Å². The summed E-state index contributed by atoms with van der Waals surface area (Å²) in [5.74, 6) is -1.52. The zero-order chi connectivity index (χ0) is 14.2. The maximum Gasteiger partial charge on any atom is 0.256 e. The average Bonchev–Trinajstić information content (AvgIpc) is 2.52. The molecule has 0 aliphatic carbocycles. The topological polar surface area (TPSA) is 53.5 Å². The number of hydrogen-bond acceptors (Lipinski definition) is 2. The number of nitrogens with zero attached hydrogens (tertiary/aromatic N) is 1. The van der Waals surface area contributed by atoms with Crippen LogP contribution in [0.4, 0.5) is 8.78 Å². The van der Waals surface area contributed by atoms with Crippen LogP contribution in [0.3, 0.4) is 0 Å². The van der Waals surface area contributed by atoms with Crippen LogP contribution in [-0.4, -0.2) is 17.9 Å². The molecule has 19 heavy (non-hydrogen) atoms. The molecule has 102 valence electrons. The molecule has 1 amide bonds. The molecule has 0 spiro atoms. The van der Waals surface area contributed by atoms with Crippen molar-refractivity contribution >= 4 is 11.9 Å². The normalized spacial score (nSPS) is 24.7. The molecule has 0 radical (unpaired) electrons. The molecule has 2 N–H and O–H groups in total. The number of carbonyl (C=O) groups is 1. The van der Waals surface area contributed by atoms with Crippen molar-refractivity contribution in [1.82, 2.24) is 10.6 Å². The molecule has 1 fully saturated rings. The van der Waals surface area contributed by atoms with Crippen LogP contribution in [-0.2, 0) is 10.3 Å². The number of halogens is 2. The van der Waals surface area contributed by atoms with Crippen LogP contribution < -0.4 is 10.6 Å². The van der Waals surface area contributed by atoms with E-state index in [0.29, 0.717) is 5.96 Å². The van der Waals surface area contributed by atoms with E-state index in [2.05, 4.69) is 15.6 Å². The van der Waals surface area contributed by atoms with Crippen molar-refractivity contribution in [2.24, 2.45) is 4.99 Å². The van der Waals surface area contributed by atoms with Crippen LogP contribution in [0.1, 0.15) is 26.3 Å². The van der Waals surface area contributed by atoms with Gasteiger partial charge in [0.25, 0.3) is 5.91 Å². The fourth-order valence-electron chi connectivity index (χ4n) is 1.93. The summed E-state index contributed by atoms with van der Waals surface area (Å²) in [7, 11) is 0. The van der Waals surface area contributed by atoms with Crippen molar-refractivity contribution in [3.63, 3.8) is 0 Å². The number of nitrogens with one attached hydrogen (secondary N) is 2. The molecule has 0 saturated carbocycles. The smallest absolute Gasteiger partial charge is 0.256 e. The number of carbonyl (C=O) groups excluding carboxylic acids is 1. The molecule has 4 nitrogen and oxygen atoms in total. The van der Waals surface area contributed by atoms with Gasteiger partial charge < -0.3 is 5.32 Å². The Morgan fingerprint density at radius 2 is 1.79 bits per heavy atom. The van der Waals surface area contributed by atoms with Gasteiger partial charge in [-0.3, -0.25) is 15.1 Å². The zero-order valence-electron chi connectivity index (χ0n) is 10.9. The van der Waals surface area contributed by atoms with Gasteiger partial charge in [0.2, 0.25) is 0 Å². The Morgan fingerprint density at radius 1 is 1.21 bits per heavy atom. The molecular weight excluding hydrogens is 252 g/mol. The predicted octanol–water partition coefficient (Wildman–Crippen LogP) is 1.66. The minimum Gasteiger partial charge on any atom is -0.338 e. The van der Waals surface area contributed by atoms with Gasteiger partial charge in [0, 0.05) is 12.1 Å². The lowest BCUT2D eigenvalue weighted by Gasteiger charge is -2.21. The lowest BCUT2D eigenvalue weighted by Crippen LogP contribution is -2.41. The third-order valence-electron chi connectivity index (χ3n) is 2.88. The first-order valence-electron chi connectivity index (χ1n) is 5.95. The molecule has 1 aromatic rings. The zero-order valence-corrected chi connectivity index (χ0v) is 10.9. The summed E-state index contributed by atoms with van der Waals surface area (Å²) in [6, 6.07) is 3.03. The summed E-state index contributed by atoms with van der Waals surface area (Å²) in [4.78, 5) is 16.2. The van der Waals surface area contributed by atoms with Crippen molar-refractivity contribution in [1.29, 1.82) is 0 Å². The summed E-state index contributed by atoms with van der Waals surface area (Å²) < 4.78 is 26.5. The highest BCUT2D eigenvalue weighted by Crippen LogP contribution is 2.25. The minimum absolute atomic E-state index is 0.00519. The molecule has 1 unspecified atom stereocenters. The Morgan fingerprint density at radius 3 is 2.32 bits per heavy atom. The molecule has 0 aromatic heterocycles. The third-order valence-corrected chi connectivity index (χ3v) is 2.88. The van der Waals surface area contributed by atoms with Gasteiger partial charge in [0.15, 0.2) is 5.96 Å². The maximum absolute atomic E-state index is 13.3. The Balaban J connectivity index is 2.40. The Bertz CT molecular complexity index is 537. The number of amides is 1. The first-order chi connectivity index (χ1) is 8.81. The summed E-state index contributed by atoms with van der Waals surface area (Å²) in [5.41, 5.74) is -1.01. The van der Waals surface area contributed by atoms with E-state index < -0.39 is 23.1 Å². The number of benzene rings is 1. The second-order valence-corrected chi connectivity index (χ2v) is 4.93. The van der Waals surface area contributed by atoms with Crippen LogP contribution in [0.15, 0.2) is 23.2 Å². The first-order valence-corrected chi connectivity index (χ1v) is 5.95. The van der Waals surface area contributed by atoms with Crippen LogP contribution in [0, 0.1) is 11.6 Å². The summed E-state index contributed by atoms with van der Waals surface area (Å²) in [6.45, 7) is 5.27. The molecule has 1 aliphatic heterocycles. The molecule has 2 rings (SSSR count). The molecule has 1 atom stereocenters. The van der Waals surface area contributed by atoms with Crippen LogP contribution in [0.2, 0.25) is 0 Å². The Labute approximate surface area is 109 Å². The summed E-state index contributed by atoms with van der Waals surface area (Å²) in [5, 5.41) is 5.44. The lowest BCUT2D eigenvalue weighted by molar-refractivity contribution is -0.123. The highest BCUT2D eigenvalue weighted by Gasteiger charge is 2.42. The van der Waals surface area contributed by atoms with Crippen molar-refractivity contribution in [2.45, 2.75) is 32.4 Å². The number of hydrogen-bond donors (Lipinski definition) is 2. The molecule has 1 aromatic carbocycles. The standard InChI is InChI=1S/C13H15F2N3O/c1-7(2)16-12-17-11(19)13(3,18-12)8-4-9(14)6-10(15)5-8/h4-7H,1-3H3,(H2,16,17,18,19). The first kappa shape index (κ1) is 13.5. The largest absolute Gasteiger partial charge is 0.338 e. The quantitative estimate of drug-likeness (QED) is 0.856. The average molecular weight is 267 g/mol. The lowest BCUT2D eigenvalue weighted by atomic mass is 9.92. The van der Waals surface area contributed by atoms with E-state index in [1.807, 2.05) is 13.8 Å². The Hall–Kier alpha value is -1.98. The van der Waals surface area contributed by atoms with E-state index >= 15 is 0 Å². The number of rotatable bonds is 2. The second kappa shape index (κ2) is 4.60. The second-order valence-electron chi connectivity index (χ2n) is 4.93. The van der Waals surface area contributed by atoms with Crippen molar-refractivity contribution in [3.05, 3.63) is 35.4 Å². The number of guanidine groups is 1. The van der Waals surface area contributed by atoms with Gasteiger partial charge in [-0.2, -0.15) is 0 Å². The molecular formula is C13H15F2N3O. The summed E-state index contributed by atoms with van der Waals surface area (Å²) >= 11 is 0. The molecule has 1 heterocycles. The van der Waals surface area contributed by atoms with Crippen LogP contribution in [0.25, 0.3) is 0 Å². The van der Waals surface area contributed by atoms with Crippen molar-refractivity contribution in [3.8, 4) is 0 Å². The van der Waals surface area contributed by atoms with Gasteiger partial charge in [-0.05, 0) is 38.5 Å². The highest BCUT2D eigenvalue weighted by atomic mass is 19.1. The van der Waals surface area contributed by atoms with E-state index in [1.165, 1.54) is 0 Å². The van der Waals surface area contributed by atoms with Gasteiger partial charge in [0.05, 0.1) is 0 Å². The fraction of sp³-hybridized carbons (Fsp3) is 0.385. The predicted molar refractivity (Wildman–Crippen MR) is 67.6 cm³/mol. The number of aliphatic imine (C=N–C) groups is 1. The third kappa shape index (κ3) is 2.57. The van der Waals surface area contributed by atoms with Gasteiger partial charge >= 0.3 is 0 Å². The monoisotopic (exact) mass is 267 g/mol. The molecule has 1 aliphatic rings. The molecule has 6 heteroatoms. The van der Waals surface area contributed by atoms with Crippen molar-refractivity contribution in [2.75, 3.05) is 0 Å². The Kier molecular flexibility index (Phi) is 3.26. The summed E-state index contributed by atoms with van der Waals surface area (Å²) in [6.07, 6.45) is 0. The maximum atomic E-state index is 13.3. The van der Waals surface area contributed by atoms with Gasteiger partial charge in [-0.15, -0.1) is 0 Å². The van der Waals surface area contributed by atoms with E-state index in [9.17, 15) is 13.6 Å². The van der Waals surface area contributed by atoms with E-state index in [4.69, 9.17) is 0 Å². The van der Waals surface area contributed by atoms with E-state index in [-0.39, 0.29) is 11.6 Å². The molecule has 1 saturated heterocycles. The molecule has 0 bridgehead atoms.